The number of unbranched alkanes of at least 4 members (excludes halogenated alkanes) is 6. The fourth-order valence-corrected chi connectivity index (χ4v) is 4.50. The van der Waals surface area contributed by atoms with Crippen LogP contribution in [-0.2, 0) is 24.0 Å². The third-order valence-electron chi connectivity index (χ3n) is 5.60. The molecule has 1 aliphatic rings. The number of anilines is 1. The Balaban J connectivity index is 1.45. The Morgan fingerprint density at radius 2 is 1.89 bits per heavy atom. The van der Waals surface area contributed by atoms with Crippen molar-refractivity contribution in [3.05, 3.63) is 12.7 Å². The van der Waals surface area contributed by atoms with Crippen LogP contribution in [0, 0.1) is 12.3 Å². The van der Waals surface area contributed by atoms with Crippen molar-refractivity contribution in [1.82, 2.24) is 24.2 Å². The largest absolute Gasteiger partial charge is 0.387 e. The van der Waals surface area contributed by atoms with Crippen LogP contribution in [0.25, 0.3) is 11.2 Å². The Bertz CT molecular complexity index is 1150. The van der Waals surface area contributed by atoms with E-state index in [1.54, 1.807) is 0 Å². The van der Waals surface area contributed by atoms with Crippen molar-refractivity contribution in [3.8, 4) is 12.3 Å². The summed E-state index contributed by atoms with van der Waals surface area (Å²) in [6.07, 6.45) is 8.59. The number of nitrogens with two attached hydrogens (primary N) is 1. The number of nitrogen functional groups attached to an aromatic ring is 1. The lowest BCUT2D eigenvalue weighted by Gasteiger charge is -2.16. The molecule has 192 valence electrons. The summed E-state index contributed by atoms with van der Waals surface area (Å²) >= 11 is 0. The van der Waals surface area contributed by atoms with Crippen LogP contribution in [0.1, 0.15) is 57.6 Å². The molecule has 2 aromatic rings. The number of hydrogen-bond acceptors (Lipinski definition) is 11. The van der Waals surface area contributed by atoms with E-state index in [1.165, 1.54) is 17.2 Å². The lowest BCUT2D eigenvalue weighted by Crippen LogP contribution is -2.37. The number of amides is 1. The molecule has 2 aromatic heterocycles. The van der Waals surface area contributed by atoms with Gasteiger partial charge in [0.25, 0.3) is 0 Å². The number of carbonyl (C=O) groups excluding carboxylic acids is 1. The van der Waals surface area contributed by atoms with Crippen molar-refractivity contribution in [2.75, 3.05) is 12.3 Å². The molecule has 0 spiro atoms. The summed E-state index contributed by atoms with van der Waals surface area (Å²) in [4.78, 5) is 23.9. The molecule has 1 aliphatic heterocycles. The molecule has 0 unspecified atom stereocenters. The average molecular weight is 511 g/mol. The predicted octanol–water partition coefficient (Wildman–Crippen LogP) is 0.159. The van der Waals surface area contributed by atoms with Crippen molar-refractivity contribution in [2.45, 2.75) is 75.9 Å². The third kappa shape index (κ3) is 7.09. The average Bonchev–Trinajstić information content (AvgIpc) is 3.36. The smallest absolute Gasteiger partial charge is 0.362 e. The number of ether oxygens (including phenoxy) is 1. The van der Waals surface area contributed by atoms with E-state index in [0.29, 0.717) is 6.42 Å². The van der Waals surface area contributed by atoms with E-state index in [9.17, 15) is 23.4 Å². The van der Waals surface area contributed by atoms with E-state index in [2.05, 4.69) is 20.9 Å². The first kappa shape index (κ1) is 26.8. The first-order valence-corrected chi connectivity index (χ1v) is 12.7. The summed E-state index contributed by atoms with van der Waals surface area (Å²) in [6, 6.07) is 0. The van der Waals surface area contributed by atoms with E-state index in [0.717, 1.165) is 38.5 Å². The summed E-state index contributed by atoms with van der Waals surface area (Å²) < 4.78 is 37.9. The molecule has 1 amide bonds. The number of hydrogen-bond donors (Lipinski definition) is 4. The van der Waals surface area contributed by atoms with Gasteiger partial charge in [0, 0.05) is 12.8 Å². The normalized spacial score (nSPS) is 22.3. The zero-order chi connectivity index (χ0) is 25.4. The number of aromatic nitrogens is 4. The van der Waals surface area contributed by atoms with Crippen LogP contribution < -0.4 is 10.5 Å². The topological polar surface area (TPSA) is 192 Å². The minimum Gasteiger partial charge on any atom is -0.387 e. The number of carbonyl (C=O) groups is 1. The number of imidazole rings is 1. The molecule has 0 bridgehead atoms. The van der Waals surface area contributed by atoms with Gasteiger partial charge in [-0.3, -0.25) is 13.5 Å². The second-order valence-corrected chi connectivity index (χ2v) is 9.57. The predicted molar refractivity (Wildman–Crippen MR) is 124 cm³/mol. The van der Waals surface area contributed by atoms with Crippen LogP contribution in [0.3, 0.4) is 0 Å². The van der Waals surface area contributed by atoms with Crippen molar-refractivity contribution < 1.29 is 32.3 Å². The first-order valence-electron chi connectivity index (χ1n) is 11.3. The maximum absolute atomic E-state index is 12.1. The minimum absolute atomic E-state index is 0.0367. The molecule has 13 nitrogen and oxygen atoms in total. The molecule has 0 aliphatic carbocycles. The van der Waals surface area contributed by atoms with Gasteiger partial charge in [0.1, 0.15) is 30.2 Å². The number of aliphatic hydroxyl groups is 2. The van der Waals surface area contributed by atoms with Crippen LogP contribution in [0.2, 0.25) is 0 Å². The molecule has 0 saturated carbocycles. The number of aliphatic hydroxyl groups excluding tert-OH is 2. The second kappa shape index (κ2) is 12.2. The van der Waals surface area contributed by atoms with Crippen LogP contribution in [0.4, 0.5) is 5.82 Å². The SMILES string of the molecule is C#CCCCCCCCCC(=O)NS(=O)(=O)OC[C@H]1O[C@@H](n2cnc3c(N)ncnc32)[C@H](O)[C@@H]1O. The zero-order valence-electron chi connectivity index (χ0n) is 19.1. The van der Waals surface area contributed by atoms with E-state index in [-0.39, 0.29) is 23.4 Å². The van der Waals surface area contributed by atoms with E-state index < -0.39 is 47.4 Å². The monoisotopic (exact) mass is 510 g/mol. The number of rotatable bonds is 13. The van der Waals surface area contributed by atoms with Gasteiger partial charge in [0.2, 0.25) is 5.91 Å². The van der Waals surface area contributed by atoms with Crippen LogP contribution in [0.5, 0.6) is 0 Å². The Morgan fingerprint density at radius 1 is 1.17 bits per heavy atom. The zero-order valence-corrected chi connectivity index (χ0v) is 19.9. The first-order chi connectivity index (χ1) is 16.7. The number of terminal acetylenes is 1. The minimum atomic E-state index is -4.43. The Morgan fingerprint density at radius 3 is 2.63 bits per heavy atom. The fourth-order valence-electron chi connectivity index (χ4n) is 3.75. The van der Waals surface area contributed by atoms with Gasteiger partial charge in [0.15, 0.2) is 17.7 Å². The highest BCUT2D eigenvalue weighted by Crippen LogP contribution is 2.32. The molecular formula is C21H30N6O7S. The molecular weight excluding hydrogens is 480 g/mol. The van der Waals surface area contributed by atoms with Gasteiger partial charge in [-0.1, -0.05) is 25.7 Å². The van der Waals surface area contributed by atoms with Crippen LogP contribution >= 0.6 is 0 Å². The number of nitrogens with zero attached hydrogens (tertiary/aromatic N) is 4. The van der Waals surface area contributed by atoms with Gasteiger partial charge < -0.3 is 20.7 Å². The van der Waals surface area contributed by atoms with Gasteiger partial charge in [-0.2, -0.15) is 8.42 Å². The lowest BCUT2D eigenvalue weighted by atomic mass is 10.1. The van der Waals surface area contributed by atoms with Gasteiger partial charge in [0.05, 0.1) is 12.9 Å². The highest BCUT2D eigenvalue weighted by molar-refractivity contribution is 7.85. The van der Waals surface area contributed by atoms with E-state index >= 15 is 0 Å². The van der Waals surface area contributed by atoms with Crippen molar-refractivity contribution in [1.29, 1.82) is 0 Å². The number of nitrogens with one attached hydrogen (secondary N) is 1. The van der Waals surface area contributed by atoms with Gasteiger partial charge >= 0.3 is 10.3 Å². The molecule has 14 heteroatoms. The van der Waals surface area contributed by atoms with Crippen molar-refractivity contribution >= 4 is 33.2 Å². The third-order valence-corrected chi connectivity index (χ3v) is 6.52. The molecule has 5 N–H and O–H groups in total. The van der Waals surface area contributed by atoms with Crippen LogP contribution in [0.15, 0.2) is 12.7 Å². The lowest BCUT2D eigenvalue weighted by molar-refractivity contribution is -0.119. The summed E-state index contributed by atoms with van der Waals surface area (Å²) in [7, 11) is -4.43. The molecule has 35 heavy (non-hydrogen) atoms. The van der Waals surface area contributed by atoms with Crippen LogP contribution in [-0.4, -0.2) is 69.0 Å². The summed E-state index contributed by atoms with van der Waals surface area (Å²) in [5, 5.41) is 20.8. The Labute approximate surface area is 203 Å². The van der Waals surface area contributed by atoms with E-state index in [4.69, 9.17) is 21.1 Å². The standard InChI is InChI=1S/C21H30N6O7S/c1-2-3-4-5-6-7-8-9-10-15(28)26-35(31,32)33-11-14-17(29)18(30)21(34-14)27-13-25-16-19(22)23-12-24-20(16)27/h1,12-14,17-18,21,29-30H,3-11H2,(H,26,28)(H2,22,23,24)/t14-,17-,18-,21-/m1/s1. The highest BCUT2D eigenvalue weighted by atomic mass is 32.2. The highest BCUT2D eigenvalue weighted by Gasteiger charge is 2.45. The molecule has 3 rings (SSSR count). The maximum atomic E-state index is 12.1. The molecule has 4 atom stereocenters. The summed E-state index contributed by atoms with van der Waals surface area (Å²) in [6.45, 7) is -0.626. The Hall–Kier alpha value is -2.83. The second-order valence-electron chi connectivity index (χ2n) is 8.22. The fraction of sp³-hybridized carbons (Fsp3) is 0.619. The number of fused-ring (bicyclic) bond motifs is 1. The summed E-state index contributed by atoms with van der Waals surface area (Å²) in [5.74, 6) is 2.03. The van der Waals surface area contributed by atoms with Crippen molar-refractivity contribution in [2.24, 2.45) is 0 Å². The maximum Gasteiger partial charge on any atom is 0.362 e. The van der Waals surface area contributed by atoms with Gasteiger partial charge in [-0.25, -0.2) is 19.7 Å². The van der Waals surface area contributed by atoms with E-state index in [1.807, 2.05) is 4.72 Å². The van der Waals surface area contributed by atoms with Gasteiger partial charge in [-0.15, -0.1) is 12.3 Å². The van der Waals surface area contributed by atoms with Gasteiger partial charge in [-0.05, 0) is 12.8 Å². The molecule has 1 fully saturated rings. The summed E-state index contributed by atoms with van der Waals surface area (Å²) in [5.41, 5.74) is 6.30. The molecule has 1 saturated heterocycles. The molecule has 0 aromatic carbocycles. The quantitative estimate of drug-likeness (QED) is 0.212. The van der Waals surface area contributed by atoms with Crippen molar-refractivity contribution in [3.63, 3.8) is 0 Å². The Kier molecular flexibility index (Phi) is 9.35. The molecule has 3 heterocycles. The molecule has 0 radical (unpaired) electrons.